The Kier molecular flexibility index (Phi) is 9.18. The van der Waals surface area contributed by atoms with Gasteiger partial charge in [-0.2, -0.15) is 0 Å². The summed E-state index contributed by atoms with van der Waals surface area (Å²) >= 11 is 0. The fourth-order valence-corrected chi connectivity index (χ4v) is 4.24. The highest BCUT2D eigenvalue weighted by Crippen LogP contribution is 2.22. The maximum absolute atomic E-state index is 13.2. The van der Waals surface area contributed by atoms with Crippen molar-refractivity contribution in [2.24, 2.45) is 0 Å². The molecule has 34 heavy (non-hydrogen) atoms. The topological polar surface area (TPSA) is 99.2 Å². The molecule has 2 atom stereocenters. The molecule has 1 heterocycles. The molecule has 0 spiro atoms. The normalized spacial score (nSPS) is 15.1. The number of carbonyl (C=O) groups excluding carboxylic acids is 2. The Labute approximate surface area is 200 Å². The second-order valence-corrected chi connectivity index (χ2v) is 8.38. The van der Waals surface area contributed by atoms with Crippen molar-refractivity contribution in [1.29, 1.82) is 0 Å². The van der Waals surface area contributed by atoms with Gasteiger partial charge in [0.1, 0.15) is 6.54 Å². The van der Waals surface area contributed by atoms with Crippen LogP contribution in [0.15, 0.2) is 54.6 Å². The predicted molar refractivity (Wildman–Crippen MR) is 128 cm³/mol. The molecule has 2 aromatic carbocycles. The van der Waals surface area contributed by atoms with Crippen LogP contribution in [0.25, 0.3) is 0 Å². The Morgan fingerprint density at radius 1 is 1.09 bits per heavy atom. The number of aliphatic carboxylic acids is 1. The smallest absolute Gasteiger partial charge is 0.324 e. The van der Waals surface area contributed by atoms with Gasteiger partial charge in [0.25, 0.3) is 5.91 Å². The van der Waals surface area contributed by atoms with Crippen LogP contribution in [0.5, 0.6) is 0 Å². The van der Waals surface area contributed by atoms with E-state index in [1.165, 1.54) is 10.6 Å². The third kappa shape index (κ3) is 6.65. The minimum Gasteiger partial charge on any atom is -0.480 e. The Balaban J connectivity index is 1.63. The van der Waals surface area contributed by atoms with Gasteiger partial charge in [-0.05, 0) is 49.9 Å². The third-order valence-electron chi connectivity index (χ3n) is 6.02. The van der Waals surface area contributed by atoms with Crippen molar-refractivity contribution in [3.63, 3.8) is 0 Å². The van der Waals surface area contributed by atoms with Gasteiger partial charge >= 0.3 is 11.9 Å². The molecular formula is C26H33N3O5. The molecule has 1 aliphatic heterocycles. The summed E-state index contributed by atoms with van der Waals surface area (Å²) in [4.78, 5) is 37.3. The number of carbonyl (C=O) groups is 3. The molecule has 0 bridgehead atoms. The standard InChI is InChI=1S/C26H33N3O5/c1-3-34-26(33)23(21-10-5-4-6-11-21)13-15-27-19(2)25(32)29(18-24(30)31)28-16-14-20-9-7-8-12-22(20)17-28/h4-12,19,23,27H,3,13-18H2,1-2H3,(H,30,31)/t19-,23?/m0/s1. The molecule has 3 rings (SSSR count). The molecular weight excluding hydrogens is 434 g/mol. The quantitative estimate of drug-likeness (QED) is 0.490. The number of fused-ring (bicyclic) bond motifs is 1. The number of hydrogen-bond acceptors (Lipinski definition) is 6. The van der Waals surface area contributed by atoms with Crippen LogP contribution in [-0.2, 0) is 32.1 Å². The molecule has 0 saturated carbocycles. The van der Waals surface area contributed by atoms with Crippen molar-refractivity contribution in [2.75, 3.05) is 26.2 Å². The second-order valence-electron chi connectivity index (χ2n) is 8.38. The highest BCUT2D eigenvalue weighted by molar-refractivity contribution is 5.84. The van der Waals surface area contributed by atoms with Gasteiger partial charge in [0.05, 0.1) is 18.6 Å². The first-order valence-electron chi connectivity index (χ1n) is 11.7. The number of nitrogens with zero attached hydrogens (tertiary/aromatic N) is 2. The van der Waals surface area contributed by atoms with Gasteiger partial charge in [0.15, 0.2) is 0 Å². The number of hydrogen-bond donors (Lipinski definition) is 2. The maximum atomic E-state index is 13.2. The number of ether oxygens (including phenoxy) is 1. The molecule has 1 amide bonds. The van der Waals surface area contributed by atoms with Crippen LogP contribution < -0.4 is 5.32 Å². The van der Waals surface area contributed by atoms with E-state index >= 15 is 0 Å². The summed E-state index contributed by atoms with van der Waals surface area (Å²) in [6.07, 6.45) is 1.20. The number of benzene rings is 2. The molecule has 182 valence electrons. The van der Waals surface area contributed by atoms with E-state index in [-0.39, 0.29) is 11.9 Å². The number of rotatable bonds is 11. The van der Waals surface area contributed by atoms with Crippen LogP contribution in [0, 0.1) is 0 Å². The fraction of sp³-hybridized carbons (Fsp3) is 0.423. The second kappa shape index (κ2) is 12.3. The summed E-state index contributed by atoms with van der Waals surface area (Å²) in [6, 6.07) is 16.8. The molecule has 0 fully saturated rings. The SMILES string of the molecule is CCOC(=O)C(CCN[C@@H](C)C(=O)N(CC(=O)O)N1CCc2ccccc2C1)c1ccccc1. The van der Waals surface area contributed by atoms with Gasteiger partial charge < -0.3 is 15.2 Å². The lowest BCUT2D eigenvalue weighted by Crippen LogP contribution is -2.55. The van der Waals surface area contributed by atoms with Gasteiger partial charge in [0.2, 0.25) is 0 Å². The molecule has 0 aromatic heterocycles. The summed E-state index contributed by atoms with van der Waals surface area (Å²) in [5.74, 6) is -2.11. The van der Waals surface area contributed by atoms with Crippen molar-refractivity contribution in [2.45, 2.75) is 45.2 Å². The first kappa shape index (κ1) is 25.4. The molecule has 2 aromatic rings. The monoisotopic (exact) mass is 467 g/mol. The van der Waals surface area contributed by atoms with E-state index in [4.69, 9.17) is 4.74 Å². The first-order valence-corrected chi connectivity index (χ1v) is 11.7. The van der Waals surface area contributed by atoms with Crippen LogP contribution >= 0.6 is 0 Å². The summed E-state index contributed by atoms with van der Waals surface area (Å²) in [7, 11) is 0. The minimum absolute atomic E-state index is 0.297. The van der Waals surface area contributed by atoms with E-state index in [1.54, 1.807) is 13.8 Å². The van der Waals surface area contributed by atoms with Crippen LogP contribution in [0.2, 0.25) is 0 Å². The van der Waals surface area contributed by atoms with Crippen molar-refractivity contribution in [1.82, 2.24) is 15.3 Å². The van der Waals surface area contributed by atoms with Crippen LogP contribution in [0.4, 0.5) is 0 Å². The molecule has 0 aliphatic carbocycles. The summed E-state index contributed by atoms with van der Waals surface area (Å²) in [5.41, 5.74) is 3.18. The van der Waals surface area contributed by atoms with Gasteiger partial charge in [-0.25, -0.2) is 5.01 Å². The van der Waals surface area contributed by atoms with E-state index < -0.39 is 24.5 Å². The number of carboxylic acids is 1. The zero-order valence-corrected chi connectivity index (χ0v) is 19.8. The average Bonchev–Trinajstić information content (AvgIpc) is 2.84. The first-order chi connectivity index (χ1) is 16.4. The molecule has 1 unspecified atom stereocenters. The lowest BCUT2D eigenvalue weighted by Gasteiger charge is -2.38. The highest BCUT2D eigenvalue weighted by atomic mass is 16.5. The highest BCUT2D eigenvalue weighted by Gasteiger charge is 2.30. The molecule has 8 nitrogen and oxygen atoms in total. The summed E-state index contributed by atoms with van der Waals surface area (Å²) in [6.45, 7) is 4.85. The Hall–Kier alpha value is -3.23. The van der Waals surface area contributed by atoms with Crippen LogP contribution in [0.1, 0.15) is 42.9 Å². The van der Waals surface area contributed by atoms with Crippen LogP contribution in [0.3, 0.4) is 0 Å². The van der Waals surface area contributed by atoms with Crippen LogP contribution in [-0.4, -0.2) is 65.3 Å². The maximum Gasteiger partial charge on any atom is 0.324 e. The van der Waals surface area contributed by atoms with E-state index in [1.807, 2.05) is 53.5 Å². The van der Waals surface area contributed by atoms with Crippen molar-refractivity contribution >= 4 is 17.8 Å². The predicted octanol–water partition coefficient (Wildman–Crippen LogP) is 2.59. The van der Waals surface area contributed by atoms with E-state index in [9.17, 15) is 19.5 Å². The van der Waals surface area contributed by atoms with Gasteiger partial charge in [0, 0.05) is 13.1 Å². The molecule has 1 aliphatic rings. The van der Waals surface area contributed by atoms with E-state index in [2.05, 4.69) is 11.4 Å². The number of esters is 1. The number of carboxylic acid groups (broad SMARTS) is 1. The van der Waals surface area contributed by atoms with E-state index in [0.717, 1.165) is 17.5 Å². The zero-order valence-electron chi connectivity index (χ0n) is 19.8. The average molecular weight is 468 g/mol. The van der Waals surface area contributed by atoms with Crippen molar-refractivity contribution in [3.8, 4) is 0 Å². The fourth-order valence-electron chi connectivity index (χ4n) is 4.24. The molecule has 8 heteroatoms. The Morgan fingerprint density at radius 3 is 2.44 bits per heavy atom. The van der Waals surface area contributed by atoms with Crippen molar-refractivity contribution < 1.29 is 24.2 Å². The minimum atomic E-state index is -1.06. The molecule has 0 radical (unpaired) electrons. The lowest BCUT2D eigenvalue weighted by atomic mass is 9.95. The third-order valence-corrected chi connectivity index (χ3v) is 6.02. The Morgan fingerprint density at radius 2 is 1.76 bits per heavy atom. The zero-order chi connectivity index (χ0) is 24.5. The molecule has 2 N–H and O–H groups in total. The lowest BCUT2D eigenvalue weighted by molar-refractivity contribution is -0.162. The Bertz CT molecular complexity index is 981. The van der Waals surface area contributed by atoms with Gasteiger partial charge in [-0.1, -0.05) is 54.6 Å². The number of hydrazine groups is 1. The molecule has 0 saturated heterocycles. The number of nitrogens with one attached hydrogen (secondary N) is 1. The summed E-state index contributed by atoms with van der Waals surface area (Å²) in [5, 5.41) is 15.7. The summed E-state index contributed by atoms with van der Waals surface area (Å²) < 4.78 is 5.24. The van der Waals surface area contributed by atoms with Crippen molar-refractivity contribution in [3.05, 3.63) is 71.3 Å². The van der Waals surface area contributed by atoms with Gasteiger partial charge in [-0.3, -0.25) is 19.4 Å². The number of amides is 1. The largest absolute Gasteiger partial charge is 0.480 e. The van der Waals surface area contributed by atoms with Gasteiger partial charge in [-0.15, -0.1) is 0 Å². The van der Waals surface area contributed by atoms with E-state index in [0.29, 0.717) is 32.7 Å².